The molecule has 1 unspecified atom stereocenters. The van der Waals surface area contributed by atoms with E-state index in [1.165, 1.54) is 12.3 Å². The number of halogens is 2. The highest BCUT2D eigenvalue weighted by molar-refractivity contribution is 7.99. The zero-order chi connectivity index (χ0) is 13.5. The molecule has 1 N–H and O–H groups in total. The number of aromatic nitrogens is 1. The van der Waals surface area contributed by atoms with E-state index in [1.54, 1.807) is 0 Å². The summed E-state index contributed by atoms with van der Waals surface area (Å²) in [5.41, 5.74) is 0.367. The molecule has 0 saturated heterocycles. The van der Waals surface area contributed by atoms with Crippen LogP contribution in [-0.2, 0) is 0 Å². The largest absolute Gasteiger partial charge is 0.350 e. The molecule has 0 aliphatic rings. The van der Waals surface area contributed by atoms with E-state index >= 15 is 0 Å². The summed E-state index contributed by atoms with van der Waals surface area (Å²) in [6.45, 7) is 4.09. The van der Waals surface area contributed by atoms with E-state index in [0.29, 0.717) is 10.6 Å². The van der Waals surface area contributed by atoms with Crippen LogP contribution in [0.2, 0.25) is 10.2 Å². The van der Waals surface area contributed by atoms with Crippen LogP contribution in [0.3, 0.4) is 0 Å². The van der Waals surface area contributed by atoms with E-state index in [0.717, 1.165) is 17.9 Å². The van der Waals surface area contributed by atoms with Crippen LogP contribution in [0.5, 0.6) is 0 Å². The third-order valence-corrected chi connectivity index (χ3v) is 3.78. The second-order valence-electron chi connectivity index (χ2n) is 3.85. The number of nitrogens with one attached hydrogen (secondary N) is 1. The van der Waals surface area contributed by atoms with Gasteiger partial charge in [0, 0.05) is 12.2 Å². The summed E-state index contributed by atoms with van der Waals surface area (Å²) >= 11 is 13.5. The van der Waals surface area contributed by atoms with Gasteiger partial charge in [0.05, 0.1) is 10.6 Å². The highest BCUT2D eigenvalue weighted by Gasteiger charge is 2.14. The first-order valence-electron chi connectivity index (χ1n) is 5.74. The Morgan fingerprint density at radius 2 is 2.28 bits per heavy atom. The van der Waals surface area contributed by atoms with Crippen molar-refractivity contribution in [3.63, 3.8) is 0 Å². The number of pyridine rings is 1. The van der Waals surface area contributed by atoms with Crippen LogP contribution in [-0.4, -0.2) is 28.4 Å². The van der Waals surface area contributed by atoms with Crippen molar-refractivity contribution in [3.8, 4) is 0 Å². The van der Waals surface area contributed by atoms with Gasteiger partial charge in [-0.25, -0.2) is 4.98 Å². The van der Waals surface area contributed by atoms with Gasteiger partial charge in [-0.05, 0) is 30.9 Å². The van der Waals surface area contributed by atoms with Crippen LogP contribution in [0, 0.1) is 0 Å². The number of nitrogens with zero attached hydrogens (tertiary/aromatic N) is 1. The van der Waals surface area contributed by atoms with Gasteiger partial charge >= 0.3 is 0 Å². The molecule has 1 aromatic rings. The lowest BCUT2D eigenvalue weighted by Gasteiger charge is -2.14. The van der Waals surface area contributed by atoms with Crippen molar-refractivity contribution >= 4 is 40.9 Å². The number of thioether (sulfide) groups is 1. The molecular formula is C12H16Cl2N2OS. The molecule has 1 amide bonds. The smallest absolute Gasteiger partial charge is 0.253 e. The molecule has 1 rings (SSSR count). The predicted molar refractivity (Wildman–Crippen MR) is 78.8 cm³/mol. The van der Waals surface area contributed by atoms with Gasteiger partial charge in [-0.2, -0.15) is 11.8 Å². The van der Waals surface area contributed by atoms with Gasteiger partial charge in [0.2, 0.25) is 0 Å². The van der Waals surface area contributed by atoms with E-state index in [2.05, 4.69) is 17.2 Å². The Bertz CT molecular complexity index is 415. The van der Waals surface area contributed by atoms with Crippen LogP contribution in [0.1, 0.15) is 30.6 Å². The predicted octanol–water partition coefficient (Wildman–Crippen LogP) is 3.65. The summed E-state index contributed by atoms with van der Waals surface area (Å²) in [6, 6.07) is 1.59. The Kier molecular flexibility index (Phi) is 6.82. The van der Waals surface area contributed by atoms with E-state index < -0.39 is 0 Å². The molecule has 6 heteroatoms. The Hall–Kier alpha value is -0.450. The van der Waals surface area contributed by atoms with Gasteiger partial charge in [-0.15, -0.1) is 0 Å². The van der Waals surface area contributed by atoms with Crippen molar-refractivity contribution in [3.05, 3.63) is 28.0 Å². The second kappa shape index (κ2) is 7.87. The number of amides is 1. The lowest BCUT2D eigenvalue weighted by atomic mass is 10.2. The molecule has 0 radical (unpaired) electrons. The summed E-state index contributed by atoms with van der Waals surface area (Å²) in [4.78, 5) is 15.8. The minimum absolute atomic E-state index is 0.111. The van der Waals surface area contributed by atoms with Crippen LogP contribution in [0.25, 0.3) is 0 Å². The monoisotopic (exact) mass is 306 g/mol. The molecule has 0 aliphatic heterocycles. The summed E-state index contributed by atoms with van der Waals surface area (Å²) in [5, 5.41) is 3.47. The molecule has 0 spiro atoms. The van der Waals surface area contributed by atoms with E-state index in [4.69, 9.17) is 23.2 Å². The fourth-order valence-corrected chi connectivity index (χ4v) is 2.52. The maximum atomic E-state index is 12.0. The van der Waals surface area contributed by atoms with Crippen molar-refractivity contribution in [2.75, 3.05) is 11.5 Å². The standard InChI is InChI=1S/C12H16Cl2N2OS/c1-3-18-5-4-8(2)16-12(17)9-6-11(14)15-7-10(9)13/h6-8H,3-5H2,1-2H3,(H,16,17). The third kappa shape index (κ3) is 5.04. The normalized spacial score (nSPS) is 12.2. The van der Waals surface area contributed by atoms with Gasteiger partial charge in [0.25, 0.3) is 5.91 Å². The number of carbonyl (C=O) groups excluding carboxylic acids is 1. The fraction of sp³-hybridized carbons (Fsp3) is 0.500. The Labute approximate surface area is 122 Å². The van der Waals surface area contributed by atoms with Crippen molar-refractivity contribution in [1.82, 2.24) is 10.3 Å². The molecule has 1 heterocycles. The molecule has 0 saturated carbocycles. The average Bonchev–Trinajstić information content (AvgIpc) is 2.32. The summed E-state index contributed by atoms with van der Waals surface area (Å²) < 4.78 is 0. The molecule has 0 bridgehead atoms. The van der Waals surface area contributed by atoms with Crippen LogP contribution in [0.15, 0.2) is 12.3 Å². The second-order valence-corrected chi connectivity index (χ2v) is 6.04. The maximum Gasteiger partial charge on any atom is 0.253 e. The highest BCUT2D eigenvalue weighted by Crippen LogP contribution is 2.18. The minimum Gasteiger partial charge on any atom is -0.350 e. The molecular weight excluding hydrogens is 291 g/mol. The highest BCUT2D eigenvalue weighted by atomic mass is 35.5. The molecule has 0 aliphatic carbocycles. The molecule has 1 atom stereocenters. The number of hydrogen-bond donors (Lipinski definition) is 1. The quantitative estimate of drug-likeness (QED) is 0.644. The van der Waals surface area contributed by atoms with Crippen LogP contribution < -0.4 is 5.32 Å². The number of carbonyl (C=O) groups is 1. The molecule has 3 nitrogen and oxygen atoms in total. The van der Waals surface area contributed by atoms with Crippen LogP contribution in [0.4, 0.5) is 0 Å². The Balaban J connectivity index is 2.56. The summed E-state index contributed by atoms with van der Waals surface area (Å²) in [7, 11) is 0. The first kappa shape index (κ1) is 15.6. The van der Waals surface area contributed by atoms with Crippen molar-refractivity contribution in [2.24, 2.45) is 0 Å². The van der Waals surface area contributed by atoms with Gasteiger partial charge in [-0.1, -0.05) is 30.1 Å². The van der Waals surface area contributed by atoms with Gasteiger partial charge in [-0.3, -0.25) is 4.79 Å². The SMILES string of the molecule is CCSCCC(C)NC(=O)c1cc(Cl)ncc1Cl. The van der Waals surface area contributed by atoms with E-state index in [9.17, 15) is 4.79 Å². The van der Waals surface area contributed by atoms with Crippen LogP contribution >= 0.6 is 35.0 Å². The molecule has 0 fully saturated rings. The van der Waals surface area contributed by atoms with E-state index in [1.807, 2.05) is 18.7 Å². The number of hydrogen-bond acceptors (Lipinski definition) is 3. The Morgan fingerprint density at radius 1 is 1.56 bits per heavy atom. The fourth-order valence-electron chi connectivity index (χ4n) is 1.37. The van der Waals surface area contributed by atoms with Crippen molar-refractivity contribution in [2.45, 2.75) is 26.3 Å². The summed E-state index contributed by atoms with van der Waals surface area (Å²) in [6.07, 6.45) is 2.32. The first-order chi connectivity index (χ1) is 8.54. The summed E-state index contributed by atoms with van der Waals surface area (Å²) in [5.74, 6) is 1.91. The zero-order valence-corrected chi connectivity index (χ0v) is 12.7. The van der Waals surface area contributed by atoms with Crippen molar-refractivity contribution < 1.29 is 4.79 Å². The van der Waals surface area contributed by atoms with Gasteiger partial charge in [0.15, 0.2) is 0 Å². The minimum atomic E-state index is -0.210. The van der Waals surface area contributed by atoms with Gasteiger partial charge < -0.3 is 5.32 Å². The van der Waals surface area contributed by atoms with Gasteiger partial charge in [0.1, 0.15) is 5.15 Å². The molecule has 1 aromatic heterocycles. The average molecular weight is 307 g/mol. The van der Waals surface area contributed by atoms with E-state index in [-0.39, 0.29) is 17.1 Å². The molecule has 18 heavy (non-hydrogen) atoms. The molecule has 100 valence electrons. The lowest BCUT2D eigenvalue weighted by molar-refractivity contribution is 0.0939. The van der Waals surface area contributed by atoms with Crippen molar-refractivity contribution in [1.29, 1.82) is 0 Å². The topological polar surface area (TPSA) is 42.0 Å². The maximum absolute atomic E-state index is 12.0. The first-order valence-corrected chi connectivity index (χ1v) is 7.65. The molecule has 0 aromatic carbocycles. The third-order valence-electron chi connectivity index (χ3n) is 2.34. The lowest BCUT2D eigenvalue weighted by Crippen LogP contribution is -2.33. The zero-order valence-electron chi connectivity index (χ0n) is 10.4. The number of rotatable bonds is 6. The Morgan fingerprint density at radius 3 is 2.94 bits per heavy atom.